The second-order valence-electron chi connectivity index (χ2n) is 5.08. The van der Waals surface area contributed by atoms with Gasteiger partial charge >= 0.3 is 0 Å². The third kappa shape index (κ3) is 2.71. The number of nitrogens with zero attached hydrogens (tertiary/aromatic N) is 1. The van der Waals surface area contributed by atoms with Crippen molar-refractivity contribution in [2.75, 3.05) is 5.32 Å². The largest absolute Gasteiger partial charge is 0.326 e. The Bertz CT molecular complexity index is 911. The summed E-state index contributed by atoms with van der Waals surface area (Å²) in [4.78, 5) is 14.8. The molecular weight excluding hydrogens is 300 g/mol. The van der Waals surface area contributed by atoms with E-state index in [0.29, 0.717) is 22.5 Å². The second kappa shape index (κ2) is 5.28. The number of fused-ring (bicyclic) bond motifs is 1. The minimum Gasteiger partial charge on any atom is -0.326 e. The molecule has 0 aromatic heterocycles. The van der Waals surface area contributed by atoms with Crippen molar-refractivity contribution in [3.05, 3.63) is 65.0 Å². The standard InChI is InChI=1S/C16H12N2O3S/c1-17-13-4-2-3-11(7-13)10-22(20,21)14-5-6-15-12(8-14)9-16(19)18-15/h2-8H,9-10H2,(H,18,19). The fourth-order valence-electron chi connectivity index (χ4n) is 2.42. The van der Waals surface area contributed by atoms with Crippen LogP contribution < -0.4 is 5.32 Å². The molecular formula is C16H12N2O3S. The number of amides is 1. The van der Waals surface area contributed by atoms with E-state index in [9.17, 15) is 13.2 Å². The van der Waals surface area contributed by atoms with Gasteiger partial charge in [0.15, 0.2) is 15.5 Å². The topological polar surface area (TPSA) is 67.6 Å². The molecule has 0 fully saturated rings. The van der Waals surface area contributed by atoms with Crippen molar-refractivity contribution < 1.29 is 13.2 Å². The molecule has 0 saturated heterocycles. The van der Waals surface area contributed by atoms with Gasteiger partial charge in [-0.3, -0.25) is 4.79 Å². The summed E-state index contributed by atoms with van der Waals surface area (Å²) in [6.07, 6.45) is 0.200. The molecule has 0 unspecified atom stereocenters. The van der Waals surface area contributed by atoms with Crippen LogP contribution in [0.4, 0.5) is 11.4 Å². The Balaban J connectivity index is 1.92. The van der Waals surface area contributed by atoms with E-state index in [0.717, 1.165) is 0 Å². The molecule has 0 radical (unpaired) electrons. The first-order valence-corrected chi connectivity index (χ1v) is 8.25. The number of hydrogen-bond acceptors (Lipinski definition) is 3. The Morgan fingerprint density at radius 2 is 2.00 bits per heavy atom. The van der Waals surface area contributed by atoms with Crippen molar-refractivity contribution in [3.63, 3.8) is 0 Å². The molecule has 3 rings (SSSR count). The number of hydrogen-bond donors (Lipinski definition) is 1. The Morgan fingerprint density at radius 1 is 1.18 bits per heavy atom. The lowest BCUT2D eigenvalue weighted by molar-refractivity contribution is -0.115. The van der Waals surface area contributed by atoms with Crippen molar-refractivity contribution in [2.24, 2.45) is 0 Å². The number of carbonyl (C=O) groups excluding carboxylic acids is 1. The lowest BCUT2D eigenvalue weighted by Gasteiger charge is -2.07. The van der Waals surface area contributed by atoms with E-state index >= 15 is 0 Å². The van der Waals surface area contributed by atoms with Gasteiger partial charge in [0, 0.05) is 5.69 Å². The number of rotatable bonds is 3. The van der Waals surface area contributed by atoms with Crippen molar-refractivity contribution >= 4 is 27.1 Å². The minimum atomic E-state index is -3.52. The zero-order valence-corrected chi connectivity index (χ0v) is 12.4. The summed E-state index contributed by atoms with van der Waals surface area (Å²) in [5.74, 6) is -0.300. The van der Waals surface area contributed by atoms with Crippen molar-refractivity contribution in [1.82, 2.24) is 0 Å². The van der Waals surface area contributed by atoms with E-state index in [1.165, 1.54) is 6.07 Å². The maximum atomic E-state index is 12.5. The Hall–Kier alpha value is -2.65. The summed E-state index contributed by atoms with van der Waals surface area (Å²) in [6.45, 7) is 6.97. The van der Waals surface area contributed by atoms with Crippen LogP contribution in [0.5, 0.6) is 0 Å². The molecule has 1 N–H and O–H groups in total. The zero-order chi connectivity index (χ0) is 15.7. The van der Waals surface area contributed by atoms with Crippen molar-refractivity contribution in [3.8, 4) is 0 Å². The van der Waals surface area contributed by atoms with Gasteiger partial charge in [-0.15, -0.1) is 0 Å². The summed E-state index contributed by atoms with van der Waals surface area (Å²) in [5, 5.41) is 2.67. The molecule has 5 nitrogen and oxygen atoms in total. The van der Waals surface area contributed by atoms with E-state index < -0.39 is 9.84 Å². The second-order valence-corrected chi connectivity index (χ2v) is 7.07. The molecule has 1 aliphatic rings. The Kier molecular flexibility index (Phi) is 3.43. The molecule has 0 bridgehead atoms. The molecule has 2 aromatic carbocycles. The van der Waals surface area contributed by atoms with E-state index in [-0.39, 0.29) is 23.0 Å². The van der Waals surface area contributed by atoms with Crippen LogP contribution in [0.1, 0.15) is 11.1 Å². The molecule has 0 atom stereocenters. The van der Waals surface area contributed by atoms with Gasteiger partial charge in [0.2, 0.25) is 5.91 Å². The number of carbonyl (C=O) groups is 1. The van der Waals surface area contributed by atoms with Crippen LogP contribution in [0.3, 0.4) is 0 Å². The molecule has 0 spiro atoms. The highest BCUT2D eigenvalue weighted by molar-refractivity contribution is 7.90. The molecule has 0 aliphatic carbocycles. The highest BCUT2D eigenvalue weighted by Gasteiger charge is 2.22. The average molecular weight is 312 g/mol. The number of anilines is 1. The van der Waals surface area contributed by atoms with Crippen LogP contribution in [-0.4, -0.2) is 14.3 Å². The number of sulfone groups is 1. The quantitative estimate of drug-likeness (QED) is 0.886. The van der Waals surface area contributed by atoms with Crippen LogP contribution in [0.2, 0.25) is 0 Å². The smallest absolute Gasteiger partial charge is 0.228 e. The minimum absolute atomic E-state index is 0.130. The van der Waals surface area contributed by atoms with Gasteiger partial charge in [-0.25, -0.2) is 13.3 Å². The number of nitrogens with one attached hydrogen (secondary N) is 1. The molecule has 1 amide bonds. The van der Waals surface area contributed by atoms with Crippen molar-refractivity contribution in [1.29, 1.82) is 0 Å². The van der Waals surface area contributed by atoms with E-state index in [1.54, 1.807) is 36.4 Å². The molecule has 0 saturated carbocycles. The first-order valence-electron chi connectivity index (χ1n) is 6.60. The Morgan fingerprint density at radius 3 is 2.77 bits per heavy atom. The summed E-state index contributed by atoms with van der Waals surface area (Å²) >= 11 is 0. The van der Waals surface area contributed by atoms with Gasteiger partial charge in [-0.1, -0.05) is 24.3 Å². The van der Waals surface area contributed by atoms with E-state index in [2.05, 4.69) is 10.2 Å². The first kappa shape index (κ1) is 14.3. The maximum Gasteiger partial charge on any atom is 0.228 e. The normalized spacial score (nSPS) is 13.3. The zero-order valence-electron chi connectivity index (χ0n) is 11.5. The van der Waals surface area contributed by atoms with Crippen LogP contribution in [-0.2, 0) is 26.8 Å². The monoisotopic (exact) mass is 312 g/mol. The maximum absolute atomic E-state index is 12.5. The average Bonchev–Trinajstić information content (AvgIpc) is 2.86. The van der Waals surface area contributed by atoms with E-state index in [1.807, 2.05) is 0 Å². The molecule has 1 heterocycles. The third-order valence-corrected chi connectivity index (χ3v) is 5.14. The van der Waals surface area contributed by atoms with Gasteiger partial charge < -0.3 is 5.32 Å². The lowest BCUT2D eigenvalue weighted by Crippen LogP contribution is -2.05. The van der Waals surface area contributed by atoms with Gasteiger partial charge in [0.25, 0.3) is 0 Å². The summed E-state index contributed by atoms with van der Waals surface area (Å²) < 4.78 is 25.0. The van der Waals surface area contributed by atoms with Gasteiger partial charge in [-0.05, 0) is 29.3 Å². The number of benzene rings is 2. The van der Waals surface area contributed by atoms with Gasteiger partial charge in [-0.2, -0.15) is 0 Å². The highest BCUT2D eigenvalue weighted by Crippen LogP contribution is 2.27. The molecule has 1 aliphatic heterocycles. The van der Waals surface area contributed by atoms with Crippen LogP contribution in [0.15, 0.2) is 47.4 Å². The fourth-order valence-corrected chi connectivity index (χ4v) is 3.80. The van der Waals surface area contributed by atoms with Crippen LogP contribution >= 0.6 is 0 Å². The third-order valence-electron chi connectivity index (χ3n) is 3.46. The molecule has 22 heavy (non-hydrogen) atoms. The van der Waals surface area contributed by atoms with Crippen molar-refractivity contribution in [2.45, 2.75) is 17.1 Å². The van der Waals surface area contributed by atoms with Gasteiger partial charge in [0.1, 0.15) is 0 Å². The first-order chi connectivity index (χ1) is 10.5. The SMILES string of the molecule is [C-]#[N+]c1cccc(CS(=O)(=O)c2ccc3c(c2)CC(=O)N3)c1. The van der Waals surface area contributed by atoms with Gasteiger partial charge in [0.05, 0.1) is 23.6 Å². The van der Waals surface area contributed by atoms with Crippen LogP contribution in [0, 0.1) is 6.57 Å². The predicted octanol–water partition coefficient (Wildman–Crippen LogP) is 2.71. The fraction of sp³-hybridized carbons (Fsp3) is 0.125. The predicted molar refractivity (Wildman–Crippen MR) is 82.4 cm³/mol. The molecule has 110 valence electrons. The van der Waals surface area contributed by atoms with Crippen LogP contribution in [0.25, 0.3) is 4.85 Å². The molecule has 6 heteroatoms. The Labute approximate surface area is 128 Å². The summed E-state index contributed by atoms with van der Waals surface area (Å²) in [7, 11) is -3.52. The lowest BCUT2D eigenvalue weighted by atomic mass is 10.2. The summed E-state index contributed by atoms with van der Waals surface area (Å²) in [6, 6.07) is 11.2. The van der Waals surface area contributed by atoms with E-state index in [4.69, 9.17) is 6.57 Å². The summed E-state index contributed by atoms with van der Waals surface area (Å²) in [5.41, 5.74) is 2.35. The highest BCUT2D eigenvalue weighted by atomic mass is 32.2. The molecule has 2 aromatic rings.